The number of aromatic nitrogens is 1. The number of nitrogens with one attached hydrogen (secondary N) is 2. The fraction of sp³-hybridized carbons (Fsp3) is 0. The van der Waals surface area contributed by atoms with E-state index in [9.17, 15) is 15.2 Å². The predicted octanol–water partition coefficient (Wildman–Crippen LogP) is 3.92. The summed E-state index contributed by atoms with van der Waals surface area (Å²) in [4.78, 5) is 13.2. The van der Waals surface area contributed by atoms with Gasteiger partial charge in [0.1, 0.15) is 11.4 Å². The van der Waals surface area contributed by atoms with Crippen molar-refractivity contribution in [1.82, 2.24) is 4.98 Å². The van der Waals surface area contributed by atoms with Gasteiger partial charge in [-0.3, -0.25) is 15.5 Å². The Hall–Kier alpha value is -3.75. The van der Waals surface area contributed by atoms with Crippen molar-refractivity contribution < 1.29 is 10.0 Å². The fourth-order valence-electron chi connectivity index (χ4n) is 2.05. The Bertz CT molecular complexity index is 914. The first kappa shape index (κ1) is 15.2. The number of azo groups is 1. The molecule has 0 fully saturated rings. The van der Waals surface area contributed by atoms with Crippen molar-refractivity contribution in [2.45, 2.75) is 0 Å². The molecule has 1 heterocycles. The average molecular weight is 324 g/mol. The molecule has 9 nitrogen and oxygen atoms in total. The van der Waals surface area contributed by atoms with Gasteiger partial charge in [-0.1, -0.05) is 18.2 Å². The number of para-hydroxylation sites is 1. The molecule has 0 aliphatic rings. The summed E-state index contributed by atoms with van der Waals surface area (Å²) in [6, 6.07) is 13.1. The average Bonchev–Trinajstić information content (AvgIpc) is 2.98. The van der Waals surface area contributed by atoms with Crippen LogP contribution in [0.5, 0.6) is 5.75 Å². The molecule has 0 unspecified atom stereocenters. The van der Waals surface area contributed by atoms with E-state index in [2.05, 4.69) is 25.7 Å². The van der Waals surface area contributed by atoms with E-state index < -0.39 is 4.92 Å². The summed E-state index contributed by atoms with van der Waals surface area (Å²) in [7, 11) is 0. The topological polar surface area (TPSA) is 128 Å². The molecule has 24 heavy (non-hydrogen) atoms. The normalized spacial score (nSPS) is 11.5. The molecule has 3 aromatic rings. The first-order chi connectivity index (χ1) is 11.6. The van der Waals surface area contributed by atoms with Gasteiger partial charge in [0, 0.05) is 23.0 Å². The molecule has 0 saturated carbocycles. The minimum Gasteiger partial charge on any atom is -0.506 e. The van der Waals surface area contributed by atoms with Gasteiger partial charge >= 0.3 is 0 Å². The summed E-state index contributed by atoms with van der Waals surface area (Å²) < 4.78 is 0. The number of nitrogens with zero attached hydrogens (tertiary/aromatic N) is 4. The number of fused-ring (bicyclic) bond motifs is 1. The summed E-state index contributed by atoms with van der Waals surface area (Å²) in [6.07, 6.45) is 1.13. The van der Waals surface area contributed by atoms with Crippen LogP contribution in [0.2, 0.25) is 0 Å². The van der Waals surface area contributed by atoms with Gasteiger partial charge in [-0.2, -0.15) is 5.10 Å². The second-order valence-corrected chi connectivity index (χ2v) is 4.77. The number of hydrogen-bond donors (Lipinski definition) is 3. The van der Waals surface area contributed by atoms with Crippen LogP contribution in [-0.4, -0.2) is 21.4 Å². The largest absolute Gasteiger partial charge is 0.506 e. The number of anilines is 1. The van der Waals surface area contributed by atoms with Crippen LogP contribution in [0.1, 0.15) is 0 Å². The van der Waals surface area contributed by atoms with Crippen molar-refractivity contribution in [3.05, 3.63) is 58.6 Å². The molecule has 3 N–H and O–H groups in total. The van der Waals surface area contributed by atoms with Crippen molar-refractivity contribution in [2.75, 3.05) is 5.43 Å². The zero-order valence-corrected chi connectivity index (χ0v) is 12.2. The summed E-state index contributed by atoms with van der Waals surface area (Å²) in [5.74, 6) is 0.408. The fourth-order valence-corrected chi connectivity index (χ4v) is 2.05. The van der Waals surface area contributed by atoms with E-state index in [1.54, 1.807) is 0 Å². The lowest BCUT2D eigenvalue weighted by Gasteiger charge is -2.01. The van der Waals surface area contributed by atoms with Crippen LogP contribution < -0.4 is 5.43 Å². The highest BCUT2D eigenvalue weighted by atomic mass is 16.6. The number of nitro groups is 1. The predicted molar refractivity (Wildman–Crippen MR) is 89.7 cm³/mol. The minimum atomic E-state index is -0.566. The monoisotopic (exact) mass is 324 g/mol. The van der Waals surface area contributed by atoms with Gasteiger partial charge in [0.2, 0.25) is 0 Å². The van der Waals surface area contributed by atoms with E-state index in [0.717, 1.165) is 17.2 Å². The SMILES string of the molecule is O=[N+]([O-])c1ccc(O)c(N/N=C/N=Nc2cc3ccccc3[nH]2)c1. The standard InChI is InChI=1S/C15H12N6O3/c22-14-6-5-11(21(23)24)8-13(14)19-16-9-17-20-15-7-10-3-1-2-4-12(10)18-15/h1-9,18-19,22H/b16-9+,20-17?. The third kappa shape index (κ3) is 3.35. The quantitative estimate of drug-likeness (QED) is 0.164. The van der Waals surface area contributed by atoms with Crippen LogP contribution in [0.4, 0.5) is 17.2 Å². The number of phenolic OH excluding ortho intramolecular Hbond substituents is 1. The van der Waals surface area contributed by atoms with Crippen molar-refractivity contribution in [3.63, 3.8) is 0 Å². The van der Waals surface area contributed by atoms with Gasteiger partial charge in [-0.15, -0.1) is 10.2 Å². The Morgan fingerprint density at radius 2 is 2.04 bits per heavy atom. The number of hydrazone groups is 1. The molecule has 0 atom stereocenters. The number of non-ortho nitro benzene ring substituents is 1. The lowest BCUT2D eigenvalue weighted by atomic mass is 10.2. The van der Waals surface area contributed by atoms with Crippen LogP contribution >= 0.6 is 0 Å². The van der Waals surface area contributed by atoms with Crippen molar-refractivity contribution in [1.29, 1.82) is 0 Å². The number of phenols is 1. The summed E-state index contributed by atoms with van der Waals surface area (Å²) in [5, 5.41) is 32.8. The third-order valence-electron chi connectivity index (χ3n) is 3.17. The molecule has 0 aliphatic heterocycles. The molecule has 0 bridgehead atoms. The first-order valence-electron chi connectivity index (χ1n) is 6.87. The minimum absolute atomic E-state index is 0.0984. The first-order valence-corrected chi connectivity index (χ1v) is 6.87. The Balaban J connectivity index is 1.66. The molecular formula is C15H12N6O3. The molecule has 120 valence electrons. The van der Waals surface area contributed by atoms with Crippen LogP contribution in [0, 0.1) is 10.1 Å². The van der Waals surface area contributed by atoms with Crippen molar-refractivity contribution in [2.24, 2.45) is 15.3 Å². The van der Waals surface area contributed by atoms with E-state index in [0.29, 0.717) is 5.82 Å². The second-order valence-electron chi connectivity index (χ2n) is 4.77. The van der Waals surface area contributed by atoms with E-state index >= 15 is 0 Å². The second kappa shape index (κ2) is 6.57. The lowest BCUT2D eigenvalue weighted by molar-refractivity contribution is -0.384. The van der Waals surface area contributed by atoms with Crippen molar-refractivity contribution >= 4 is 34.4 Å². The highest BCUT2D eigenvalue weighted by Crippen LogP contribution is 2.27. The van der Waals surface area contributed by atoms with Crippen LogP contribution in [0.3, 0.4) is 0 Å². The third-order valence-corrected chi connectivity index (χ3v) is 3.17. The number of aromatic hydroxyl groups is 1. The molecule has 9 heteroatoms. The number of hydrogen-bond acceptors (Lipinski definition) is 6. The molecule has 0 radical (unpaired) electrons. The van der Waals surface area contributed by atoms with Gasteiger partial charge < -0.3 is 10.1 Å². The van der Waals surface area contributed by atoms with Crippen molar-refractivity contribution in [3.8, 4) is 5.75 Å². The van der Waals surface area contributed by atoms with Gasteiger partial charge in [-0.25, -0.2) is 0 Å². The van der Waals surface area contributed by atoms with E-state index in [-0.39, 0.29) is 17.1 Å². The van der Waals surface area contributed by atoms with E-state index in [4.69, 9.17) is 0 Å². The molecule has 0 spiro atoms. The number of nitro benzene ring substituents is 1. The number of aromatic amines is 1. The molecule has 1 aromatic heterocycles. The Morgan fingerprint density at radius 1 is 1.21 bits per heavy atom. The van der Waals surface area contributed by atoms with Gasteiger partial charge in [0.05, 0.1) is 4.92 Å². The maximum Gasteiger partial charge on any atom is 0.271 e. The maximum absolute atomic E-state index is 10.7. The maximum atomic E-state index is 10.7. The van der Waals surface area contributed by atoms with Gasteiger partial charge in [-0.05, 0) is 18.2 Å². The van der Waals surface area contributed by atoms with Gasteiger partial charge in [0.25, 0.3) is 5.69 Å². The van der Waals surface area contributed by atoms with Gasteiger partial charge in [0.15, 0.2) is 12.2 Å². The molecular weight excluding hydrogens is 312 g/mol. The molecule has 0 saturated heterocycles. The van der Waals surface area contributed by atoms with Crippen LogP contribution in [0.25, 0.3) is 10.9 Å². The lowest BCUT2D eigenvalue weighted by Crippen LogP contribution is -1.92. The highest BCUT2D eigenvalue weighted by molar-refractivity contribution is 5.82. The summed E-state index contributed by atoms with van der Waals surface area (Å²) >= 11 is 0. The zero-order valence-electron chi connectivity index (χ0n) is 12.2. The zero-order chi connectivity index (χ0) is 16.9. The molecule has 0 aliphatic carbocycles. The molecule has 2 aromatic carbocycles. The smallest absolute Gasteiger partial charge is 0.271 e. The van der Waals surface area contributed by atoms with Crippen LogP contribution in [0.15, 0.2) is 63.9 Å². The Kier molecular flexibility index (Phi) is 4.15. The number of H-pyrrole nitrogens is 1. The summed E-state index contributed by atoms with van der Waals surface area (Å²) in [6.45, 7) is 0. The van der Waals surface area contributed by atoms with E-state index in [1.165, 1.54) is 18.2 Å². The van der Waals surface area contributed by atoms with E-state index in [1.807, 2.05) is 30.3 Å². The summed E-state index contributed by atoms with van der Waals surface area (Å²) in [5.41, 5.74) is 3.36. The number of rotatable bonds is 5. The highest BCUT2D eigenvalue weighted by Gasteiger charge is 2.09. The molecule has 3 rings (SSSR count). The van der Waals surface area contributed by atoms with Crippen LogP contribution in [-0.2, 0) is 0 Å². The number of benzene rings is 2. The Morgan fingerprint density at radius 3 is 2.83 bits per heavy atom. The Labute approximate surface area is 135 Å². The molecule has 0 amide bonds.